The molecule has 6 heteroatoms. The van der Waals surface area contributed by atoms with Crippen molar-refractivity contribution >= 4 is 18.0 Å². The lowest BCUT2D eigenvalue weighted by Crippen LogP contribution is -2.30. The summed E-state index contributed by atoms with van der Waals surface area (Å²) in [6, 6.07) is 12.6. The largest absolute Gasteiger partial charge is 0.493 e. The maximum absolute atomic E-state index is 12.8. The molecule has 0 spiro atoms. The van der Waals surface area contributed by atoms with Crippen molar-refractivity contribution in [2.45, 2.75) is 19.9 Å². The van der Waals surface area contributed by atoms with Gasteiger partial charge in [0.05, 0.1) is 20.3 Å². The van der Waals surface area contributed by atoms with Crippen molar-refractivity contribution in [2.24, 2.45) is 0 Å². The fourth-order valence-corrected chi connectivity index (χ4v) is 3.22. The Kier molecular flexibility index (Phi) is 6.34. The first kappa shape index (κ1) is 20.2. The number of benzene rings is 2. The van der Waals surface area contributed by atoms with Gasteiger partial charge in [0.25, 0.3) is 5.91 Å². The van der Waals surface area contributed by atoms with Crippen LogP contribution in [-0.4, -0.2) is 30.6 Å². The van der Waals surface area contributed by atoms with Crippen molar-refractivity contribution in [3.05, 3.63) is 77.5 Å². The van der Waals surface area contributed by atoms with Crippen LogP contribution in [0.25, 0.3) is 6.08 Å². The zero-order chi connectivity index (χ0) is 20.8. The fraction of sp³-hybridized carbons (Fsp3) is 0.217. The summed E-state index contributed by atoms with van der Waals surface area (Å²) in [5.74, 6) is 0.860. The number of methoxy groups -OCH3 is 1. The Morgan fingerprint density at radius 3 is 2.59 bits per heavy atom. The van der Waals surface area contributed by atoms with Crippen LogP contribution in [0.4, 0.5) is 4.79 Å². The molecule has 3 rings (SSSR count). The molecule has 1 fully saturated rings. The number of hydrogen-bond donors (Lipinski definition) is 1. The van der Waals surface area contributed by atoms with E-state index in [1.54, 1.807) is 25.3 Å². The minimum absolute atomic E-state index is 0.220. The van der Waals surface area contributed by atoms with Gasteiger partial charge in [0.15, 0.2) is 11.5 Å². The van der Waals surface area contributed by atoms with Crippen LogP contribution < -0.4 is 14.8 Å². The summed E-state index contributed by atoms with van der Waals surface area (Å²) in [5, 5.41) is 2.66. The van der Waals surface area contributed by atoms with E-state index in [9.17, 15) is 9.59 Å². The molecule has 0 bridgehead atoms. The summed E-state index contributed by atoms with van der Waals surface area (Å²) >= 11 is 0. The van der Waals surface area contributed by atoms with Gasteiger partial charge in [-0.2, -0.15) is 0 Å². The first-order valence-corrected chi connectivity index (χ1v) is 9.40. The number of imide groups is 1. The number of nitrogens with zero attached hydrogens (tertiary/aromatic N) is 1. The minimum Gasteiger partial charge on any atom is -0.493 e. The summed E-state index contributed by atoms with van der Waals surface area (Å²) in [4.78, 5) is 26.3. The molecular weight excluding hydrogens is 368 g/mol. The first-order chi connectivity index (χ1) is 14.1. The van der Waals surface area contributed by atoms with E-state index in [2.05, 4.69) is 11.9 Å². The SMILES string of the molecule is C=CCc1cc(/C=C2/NC(=O)N(Cc3ccccc3)C2=O)cc(OCC)c1OC. The summed E-state index contributed by atoms with van der Waals surface area (Å²) < 4.78 is 11.2. The predicted molar refractivity (Wildman–Crippen MR) is 112 cm³/mol. The molecule has 0 aromatic heterocycles. The molecular formula is C23H24N2O4. The van der Waals surface area contributed by atoms with E-state index in [-0.39, 0.29) is 18.1 Å². The molecule has 1 N–H and O–H groups in total. The quantitative estimate of drug-likeness (QED) is 0.420. The molecule has 29 heavy (non-hydrogen) atoms. The average molecular weight is 392 g/mol. The molecule has 1 heterocycles. The van der Waals surface area contributed by atoms with Crippen molar-refractivity contribution in [1.29, 1.82) is 0 Å². The molecule has 150 valence electrons. The molecule has 0 atom stereocenters. The molecule has 1 saturated heterocycles. The average Bonchev–Trinajstić information content (AvgIpc) is 2.97. The Balaban J connectivity index is 1.92. The van der Waals surface area contributed by atoms with Crippen LogP contribution in [0.2, 0.25) is 0 Å². The number of ether oxygens (including phenoxy) is 2. The van der Waals surface area contributed by atoms with Crippen molar-refractivity contribution in [3.63, 3.8) is 0 Å². The van der Waals surface area contributed by atoms with Gasteiger partial charge in [0.2, 0.25) is 0 Å². The lowest BCUT2D eigenvalue weighted by atomic mass is 10.0. The topological polar surface area (TPSA) is 67.9 Å². The van der Waals surface area contributed by atoms with Gasteiger partial charge in [-0.1, -0.05) is 36.4 Å². The summed E-state index contributed by atoms with van der Waals surface area (Å²) in [5.41, 5.74) is 2.73. The second-order valence-electron chi connectivity index (χ2n) is 6.50. The normalized spacial score (nSPS) is 14.8. The predicted octanol–water partition coefficient (Wildman–Crippen LogP) is 3.92. The fourth-order valence-electron chi connectivity index (χ4n) is 3.22. The van der Waals surface area contributed by atoms with Crippen LogP contribution in [0.15, 0.2) is 60.8 Å². The number of carbonyl (C=O) groups excluding carboxylic acids is 2. The second kappa shape index (κ2) is 9.10. The molecule has 3 amide bonds. The number of hydrogen-bond acceptors (Lipinski definition) is 4. The lowest BCUT2D eigenvalue weighted by Gasteiger charge is -2.14. The molecule has 1 aliphatic rings. The molecule has 0 radical (unpaired) electrons. The summed E-state index contributed by atoms with van der Waals surface area (Å²) in [6.07, 6.45) is 4.01. The van der Waals surface area contributed by atoms with E-state index in [1.165, 1.54) is 4.90 Å². The van der Waals surface area contributed by atoms with Crippen molar-refractivity contribution in [2.75, 3.05) is 13.7 Å². The smallest absolute Gasteiger partial charge is 0.329 e. The van der Waals surface area contributed by atoms with E-state index >= 15 is 0 Å². The highest BCUT2D eigenvalue weighted by Crippen LogP contribution is 2.34. The van der Waals surface area contributed by atoms with Crippen LogP contribution in [0.1, 0.15) is 23.6 Å². The van der Waals surface area contributed by atoms with Gasteiger partial charge in [-0.05, 0) is 42.7 Å². The van der Waals surface area contributed by atoms with E-state index in [1.807, 2.05) is 43.3 Å². The number of carbonyl (C=O) groups is 2. The summed E-state index contributed by atoms with van der Waals surface area (Å²) in [6.45, 7) is 6.37. The number of rotatable bonds is 8. The van der Waals surface area contributed by atoms with Gasteiger partial charge in [-0.3, -0.25) is 9.69 Å². The Morgan fingerprint density at radius 1 is 1.17 bits per heavy atom. The van der Waals surface area contributed by atoms with Crippen LogP contribution in [0, 0.1) is 0 Å². The third kappa shape index (κ3) is 4.48. The first-order valence-electron chi connectivity index (χ1n) is 9.40. The third-order valence-electron chi connectivity index (χ3n) is 4.48. The van der Waals surface area contributed by atoms with E-state index in [4.69, 9.17) is 9.47 Å². The zero-order valence-corrected chi connectivity index (χ0v) is 16.6. The van der Waals surface area contributed by atoms with Gasteiger partial charge in [0.1, 0.15) is 5.70 Å². The molecule has 0 saturated carbocycles. The minimum atomic E-state index is -0.435. The zero-order valence-electron chi connectivity index (χ0n) is 16.6. The number of urea groups is 1. The van der Waals surface area contributed by atoms with E-state index < -0.39 is 6.03 Å². The molecule has 0 aliphatic carbocycles. The van der Waals surface area contributed by atoms with Crippen LogP contribution in [0.3, 0.4) is 0 Å². The monoisotopic (exact) mass is 392 g/mol. The van der Waals surface area contributed by atoms with Gasteiger partial charge in [-0.15, -0.1) is 6.58 Å². The van der Waals surface area contributed by atoms with Crippen molar-refractivity contribution < 1.29 is 19.1 Å². The molecule has 0 unspecified atom stereocenters. The summed E-state index contributed by atoms with van der Waals surface area (Å²) in [7, 11) is 1.59. The highest BCUT2D eigenvalue weighted by molar-refractivity contribution is 6.13. The van der Waals surface area contributed by atoms with Gasteiger partial charge in [0, 0.05) is 5.56 Å². The van der Waals surface area contributed by atoms with Crippen molar-refractivity contribution in [1.82, 2.24) is 10.2 Å². The third-order valence-corrected chi connectivity index (χ3v) is 4.48. The molecule has 2 aromatic carbocycles. The Bertz CT molecular complexity index is 951. The van der Waals surface area contributed by atoms with Gasteiger partial charge in [-0.25, -0.2) is 4.79 Å². The number of allylic oxidation sites excluding steroid dienone is 1. The highest BCUT2D eigenvalue weighted by Gasteiger charge is 2.33. The molecule has 6 nitrogen and oxygen atoms in total. The lowest BCUT2D eigenvalue weighted by molar-refractivity contribution is -0.123. The maximum Gasteiger partial charge on any atom is 0.329 e. The number of amides is 3. The van der Waals surface area contributed by atoms with E-state index in [0.717, 1.165) is 16.7 Å². The van der Waals surface area contributed by atoms with E-state index in [0.29, 0.717) is 24.5 Å². The number of nitrogens with one attached hydrogen (secondary N) is 1. The Hall–Kier alpha value is -3.54. The van der Waals surface area contributed by atoms with Crippen LogP contribution in [0.5, 0.6) is 11.5 Å². The van der Waals surface area contributed by atoms with Gasteiger partial charge >= 0.3 is 6.03 Å². The van der Waals surface area contributed by atoms with Crippen LogP contribution in [-0.2, 0) is 17.8 Å². The van der Waals surface area contributed by atoms with Gasteiger partial charge < -0.3 is 14.8 Å². The molecule has 2 aromatic rings. The van der Waals surface area contributed by atoms with Crippen LogP contribution >= 0.6 is 0 Å². The Labute approximate surface area is 170 Å². The molecule has 1 aliphatic heterocycles. The highest BCUT2D eigenvalue weighted by atomic mass is 16.5. The maximum atomic E-state index is 12.8. The standard InChI is InChI=1S/C23H24N2O4/c1-4-9-18-12-17(14-20(29-5-2)21(18)28-3)13-19-22(26)25(23(27)24-19)15-16-10-7-6-8-11-16/h4,6-8,10-14H,1,5,9,15H2,2-3H3,(H,24,27)/b19-13+. The van der Waals surface area contributed by atoms with Crippen molar-refractivity contribution in [3.8, 4) is 11.5 Å². The second-order valence-corrected chi connectivity index (χ2v) is 6.50. The Morgan fingerprint density at radius 2 is 1.93 bits per heavy atom.